The van der Waals surface area contributed by atoms with Crippen LogP contribution in [0.25, 0.3) is 0 Å². The SMILES string of the molecule is O=C(COc1ccc(Br)cc1)Nc1c(Cl)cc(Cl)cc1Cl. The molecule has 0 aliphatic heterocycles. The summed E-state index contributed by atoms with van der Waals surface area (Å²) in [6.45, 7) is -0.156. The zero-order valence-electron chi connectivity index (χ0n) is 10.5. The Morgan fingerprint density at radius 2 is 1.67 bits per heavy atom. The molecule has 2 aromatic carbocycles. The number of anilines is 1. The van der Waals surface area contributed by atoms with Gasteiger partial charge in [-0.2, -0.15) is 0 Å². The molecule has 3 nitrogen and oxygen atoms in total. The first-order valence-electron chi connectivity index (χ1n) is 5.78. The molecule has 110 valence electrons. The first-order chi connectivity index (χ1) is 9.95. The second kappa shape index (κ2) is 7.36. The van der Waals surface area contributed by atoms with Crippen LogP contribution in [-0.4, -0.2) is 12.5 Å². The number of benzene rings is 2. The third kappa shape index (κ3) is 4.78. The normalized spacial score (nSPS) is 10.3. The average molecular weight is 409 g/mol. The van der Waals surface area contributed by atoms with Gasteiger partial charge in [0.2, 0.25) is 0 Å². The summed E-state index contributed by atoms with van der Waals surface area (Å²) in [5.41, 5.74) is 0.312. The highest BCUT2D eigenvalue weighted by Crippen LogP contribution is 2.33. The highest BCUT2D eigenvalue weighted by molar-refractivity contribution is 9.10. The molecule has 0 spiro atoms. The number of nitrogens with one attached hydrogen (secondary N) is 1. The minimum atomic E-state index is -0.371. The van der Waals surface area contributed by atoms with E-state index in [1.54, 1.807) is 12.1 Å². The van der Waals surface area contributed by atoms with Gasteiger partial charge in [-0.15, -0.1) is 0 Å². The number of carbonyl (C=O) groups is 1. The van der Waals surface area contributed by atoms with E-state index < -0.39 is 0 Å². The Labute approximate surface area is 145 Å². The van der Waals surface area contributed by atoms with Crippen LogP contribution in [0.5, 0.6) is 5.75 Å². The number of hydrogen-bond donors (Lipinski definition) is 1. The Hall–Kier alpha value is -0.940. The first kappa shape index (κ1) is 16.4. The molecule has 0 aliphatic rings. The van der Waals surface area contributed by atoms with E-state index in [0.29, 0.717) is 16.5 Å². The van der Waals surface area contributed by atoms with Crippen molar-refractivity contribution in [1.82, 2.24) is 0 Å². The van der Waals surface area contributed by atoms with Gasteiger partial charge in [-0.05, 0) is 36.4 Å². The Kier molecular flexibility index (Phi) is 5.76. The lowest BCUT2D eigenvalue weighted by Crippen LogP contribution is -2.20. The molecule has 1 N–H and O–H groups in total. The summed E-state index contributed by atoms with van der Waals surface area (Å²) >= 11 is 21.1. The van der Waals surface area contributed by atoms with Crippen LogP contribution in [-0.2, 0) is 4.79 Å². The van der Waals surface area contributed by atoms with Gasteiger partial charge in [0.1, 0.15) is 5.75 Å². The van der Waals surface area contributed by atoms with Crippen LogP contribution in [0.2, 0.25) is 15.1 Å². The van der Waals surface area contributed by atoms with Crippen molar-refractivity contribution in [1.29, 1.82) is 0 Å². The molecule has 0 saturated heterocycles. The van der Waals surface area contributed by atoms with Gasteiger partial charge >= 0.3 is 0 Å². The zero-order chi connectivity index (χ0) is 15.4. The van der Waals surface area contributed by atoms with Crippen LogP contribution >= 0.6 is 50.7 Å². The molecule has 0 aliphatic carbocycles. The van der Waals surface area contributed by atoms with Crippen LogP contribution in [0, 0.1) is 0 Å². The molecule has 0 fully saturated rings. The predicted molar refractivity (Wildman–Crippen MR) is 89.7 cm³/mol. The van der Waals surface area contributed by atoms with Crippen molar-refractivity contribution in [2.24, 2.45) is 0 Å². The van der Waals surface area contributed by atoms with Gasteiger partial charge in [-0.25, -0.2) is 0 Å². The molecule has 0 saturated carbocycles. The number of rotatable bonds is 4. The fourth-order valence-corrected chi connectivity index (χ4v) is 2.69. The minimum absolute atomic E-state index is 0.156. The molecule has 2 aromatic rings. The average Bonchev–Trinajstić information content (AvgIpc) is 2.42. The van der Waals surface area contributed by atoms with Gasteiger partial charge < -0.3 is 10.1 Å². The lowest BCUT2D eigenvalue weighted by Gasteiger charge is -2.10. The molecular formula is C14H9BrCl3NO2. The van der Waals surface area contributed by atoms with Crippen molar-refractivity contribution < 1.29 is 9.53 Å². The summed E-state index contributed by atoms with van der Waals surface area (Å²) in [5, 5.41) is 3.53. The molecule has 0 heterocycles. The summed E-state index contributed by atoms with van der Waals surface area (Å²) in [4.78, 5) is 11.8. The van der Waals surface area contributed by atoms with Crippen LogP contribution in [0.1, 0.15) is 0 Å². The Morgan fingerprint density at radius 1 is 1.10 bits per heavy atom. The van der Waals surface area contributed by atoms with Crippen molar-refractivity contribution in [2.45, 2.75) is 0 Å². The Balaban J connectivity index is 1.97. The topological polar surface area (TPSA) is 38.3 Å². The van der Waals surface area contributed by atoms with E-state index in [4.69, 9.17) is 39.5 Å². The molecule has 1 amide bonds. The smallest absolute Gasteiger partial charge is 0.262 e. The molecule has 0 bridgehead atoms. The van der Waals surface area contributed by atoms with Crippen LogP contribution < -0.4 is 10.1 Å². The largest absolute Gasteiger partial charge is 0.484 e. The van der Waals surface area contributed by atoms with Gasteiger partial charge in [-0.3, -0.25) is 4.79 Å². The molecule has 0 atom stereocenters. The minimum Gasteiger partial charge on any atom is -0.484 e. The van der Waals surface area contributed by atoms with E-state index in [1.165, 1.54) is 12.1 Å². The lowest BCUT2D eigenvalue weighted by molar-refractivity contribution is -0.118. The van der Waals surface area contributed by atoms with Crippen molar-refractivity contribution >= 4 is 62.3 Å². The maximum Gasteiger partial charge on any atom is 0.262 e. The molecule has 21 heavy (non-hydrogen) atoms. The van der Waals surface area contributed by atoms with E-state index in [9.17, 15) is 4.79 Å². The monoisotopic (exact) mass is 407 g/mol. The van der Waals surface area contributed by atoms with Crippen molar-refractivity contribution in [3.8, 4) is 5.75 Å². The highest BCUT2D eigenvalue weighted by atomic mass is 79.9. The van der Waals surface area contributed by atoms with E-state index in [-0.39, 0.29) is 22.6 Å². The van der Waals surface area contributed by atoms with Crippen LogP contribution in [0.15, 0.2) is 40.9 Å². The number of halogens is 4. The zero-order valence-corrected chi connectivity index (χ0v) is 14.4. The van der Waals surface area contributed by atoms with Crippen molar-refractivity contribution in [3.63, 3.8) is 0 Å². The van der Waals surface area contributed by atoms with E-state index in [1.807, 2.05) is 12.1 Å². The van der Waals surface area contributed by atoms with Crippen molar-refractivity contribution in [2.75, 3.05) is 11.9 Å². The summed E-state index contributed by atoms with van der Waals surface area (Å²) < 4.78 is 6.28. The maximum absolute atomic E-state index is 11.8. The third-order valence-electron chi connectivity index (χ3n) is 2.45. The van der Waals surface area contributed by atoms with Gasteiger partial charge in [0.25, 0.3) is 5.91 Å². The number of amides is 1. The quantitative estimate of drug-likeness (QED) is 0.732. The molecule has 0 radical (unpaired) electrons. The molecule has 0 aromatic heterocycles. The van der Waals surface area contributed by atoms with Gasteiger partial charge in [0.15, 0.2) is 6.61 Å². The second-order valence-electron chi connectivity index (χ2n) is 4.04. The molecule has 0 unspecified atom stereocenters. The fourth-order valence-electron chi connectivity index (χ4n) is 1.52. The lowest BCUT2D eigenvalue weighted by atomic mass is 10.3. The fraction of sp³-hybridized carbons (Fsp3) is 0.0714. The Bertz CT molecular complexity index is 639. The molecule has 7 heteroatoms. The predicted octanol–water partition coefficient (Wildman–Crippen LogP) is 5.43. The van der Waals surface area contributed by atoms with E-state index in [2.05, 4.69) is 21.2 Å². The van der Waals surface area contributed by atoms with Gasteiger partial charge in [0, 0.05) is 9.50 Å². The van der Waals surface area contributed by atoms with Crippen molar-refractivity contribution in [3.05, 3.63) is 55.9 Å². The highest BCUT2D eigenvalue weighted by Gasteiger charge is 2.11. The van der Waals surface area contributed by atoms with E-state index >= 15 is 0 Å². The number of carbonyl (C=O) groups excluding carboxylic acids is 1. The summed E-state index contributed by atoms with van der Waals surface area (Å²) in [6.07, 6.45) is 0. The molecular weight excluding hydrogens is 400 g/mol. The standard InChI is InChI=1S/C14H9BrCl3NO2/c15-8-1-3-10(4-2-8)21-7-13(20)19-14-11(17)5-9(16)6-12(14)18/h1-6H,7H2,(H,19,20). The van der Waals surface area contributed by atoms with E-state index in [0.717, 1.165) is 4.47 Å². The van der Waals surface area contributed by atoms with Gasteiger partial charge in [0.05, 0.1) is 15.7 Å². The third-order valence-corrected chi connectivity index (χ3v) is 3.80. The number of hydrogen-bond acceptors (Lipinski definition) is 2. The number of ether oxygens (including phenoxy) is 1. The maximum atomic E-state index is 11.8. The van der Waals surface area contributed by atoms with Crippen LogP contribution in [0.3, 0.4) is 0 Å². The Morgan fingerprint density at radius 3 is 2.24 bits per heavy atom. The molecule has 2 rings (SSSR count). The summed E-state index contributed by atoms with van der Waals surface area (Å²) in [5.74, 6) is 0.214. The summed E-state index contributed by atoms with van der Waals surface area (Å²) in [6, 6.07) is 10.1. The summed E-state index contributed by atoms with van der Waals surface area (Å²) in [7, 11) is 0. The van der Waals surface area contributed by atoms with Gasteiger partial charge in [-0.1, -0.05) is 50.7 Å². The van der Waals surface area contributed by atoms with Crippen LogP contribution in [0.4, 0.5) is 5.69 Å². The first-order valence-corrected chi connectivity index (χ1v) is 7.71. The second-order valence-corrected chi connectivity index (χ2v) is 6.20.